The van der Waals surface area contributed by atoms with E-state index in [0.29, 0.717) is 16.8 Å². The van der Waals surface area contributed by atoms with Gasteiger partial charge in [0, 0.05) is 11.7 Å². The van der Waals surface area contributed by atoms with Gasteiger partial charge in [-0.3, -0.25) is 0 Å². The molecule has 3 nitrogen and oxygen atoms in total. The topological polar surface area (TPSA) is 59.6 Å². The molecule has 0 saturated heterocycles. The number of hydrogen-bond donors (Lipinski definition) is 1. The highest BCUT2D eigenvalue weighted by molar-refractivity contribution is 6.30. The smallest absolute Gasteiger partial charge is 0.142 e. The number of rotatable bonds is 3. The van der Waals surface area contributed by atoms with Gasteiger partial charge in [0.2, 0.25) is 0 Å². The Morgan fingerprint density at radius 2 is 1.81 bits per heavy atom. The summed E-state index contributed by atoms with van der Waals surface area (Å²) in [4.78, 5) is 0. The lowest BCUT2D eigenvalue weighted by atomic mass is 10.1. The van der Waals surface area contributed by atoms with Gasteiger partial charge in [-0.2, -0.15) is 10.5 Å². The third-order valence-corrected chi connectivity index (χ3v) is 3.39. The van der Waals surface area contributed by atoms with E-state index in [9.17, 15) is 4.39 Å². The predicted molar refractivity (Wildman–Crippen MR) is 79.3 cm³/mol. The second kappa shape index (κ2) is 6.26. The summed E-state index contributed by atoms with van der Waals surface area (Å²) in [6, 6.07) is 13.3. The summed E-state index contributed by atoms with van der Waals surface area (Å²) in [5.74, 6) is -0.472. The zero-order valence-electron chi connectivity index (χ0n) is 11.2. The van der Waals surface area contributed by atoms with Crippen molar-refractivity contribution in [2.24, 2.45) is 0 Å². The predicted octanol–water partition coefficient (Wildman–Crippen LogP) is 4.40. The Hall–Kier alpha value is -2.56. The van der Waals surface area contributed by atoms with Gasteiger partial charge in [-0.25, -0.2) is 4.39 Å². The zero-order chi connectivity index (χ0) is 15.4. The molecule has 2 aromatic rings. The Labute approximate surface area is 127 Å². The molecule has 0 amide bonds. The molecule has 1 N–H and O–H groups in total. The van der Waals surface area contributed by atoms with Gasteiger partial charge in [0.05, 0.1) is 16.1 Å². The zero-order valence-corrected chi connectivity index (χ0v) is 11.9. The number of nitrogens with one attached hydrogen (secondary N) is 1. The molecule has 0 aromatic heterocycles. The fourth-order valence-corrected chi connectivity index (χ4v) is 2.06. The lowest BCUT2D eigenvalue weighted by molar-refractivity contribution is 0.624. The molecule has 0 fully saturated rings. The van der Waals surface area contributed by atoms with Crippen molar-refractivity contribution < 1.29 is 4.39 Å². The van der Waals surface area contributed by atoms with E-state index >= 15 is 0 Å². The Kier molecular flexibility index (Phi) is 4.42. The average Bonchev–Trinajstić information content (AvgIpc) is 2.49. The van der Waals surface area contributed by atoms with Crippen LogP contribution in [-0.4, -0.2) is 0 Å². The summed E-state index contributed by atoms with van der Waals surface area (Å²) >= 11 is 5.66. The molecule has 2 aromatic carbocycles. The van der Waals surface area contributed by atoms with Gasteiger partial charge in [0.25, 0.3) is 0 Å². The number of hydrogen-bond acceptors (Lipinski definition) is 3. The van der Waals surface area contributed by atoms with Crippen LogP contribution < -0.4 is 5.32 Å². The van der Waals surface area contributed by atoms with Crippen molar-refractivity contribution in [1.82, 2.24) is 0 Å². The highest BCUT2D eigenvalue weighted by atomic mass is 35.5. The van der Waals surface area contributed by atoms with Gasteiger partial charge in [-0.05, 0) is 42.8 Å². The minimum Gasteiger partial charge on any atom is -0.378 e. The number of nitrogens with zero attached hydrogens (tertiary/aromatic N) is 2. The standard InChI is InChI=1S/C16H11ClFN3/c1-10(11-3-5-15(17)16(18)7-11)21-14-4-2-12(8-19)13(6-14)9-20/h2-7,10,21H,1H3. The molecule has 1 unspecified atom stereocenters. The Morgan fingerprint density at radius 1 is 1.10 bits per heavy atom. The first-order valence-electron chi connectivity index (χ1n) is 6.21. The van der Waals surface area contributed by atoms with Crippen LogP contribution in [0.4, 0.5) is 10.1 Å². The van der Waals surface area contributed by atoms with Crippen LogP contribution in [0.5, 0.6) is 0 Å². The van der Waals surface area contributed by atoms with E-state index in [1.807, 2.05) is 19.1 Å². The minimum absolute atomic E-state index is 0.0797. The maximum Gasteiger partial charge on any atom is 0.142 e. The molecule has 0 saturated carbocycles. The molecule has 5 heteroatoms. The normalized spacial score (nSPS) is 11.3. The molecular weight excluding hydrogens is 289 g/mol. The molecule has 0 bridgehead atoms. The summed E-state index contributed by atoms with van der Waals surface area (Å²) < 4.78 is 13.5. The van der Waals surface area contributed by atoms with Crippen LogP contribution in [-0.2, 0) is 0 Å². The second-order valence-electron chi connectivity index (χ2n) is 4.52. The highest BCUT2D eigenvalue weighted by Gasteiger charge is 2.10. The number of benzene rings is 2. The summed E-state index contributed by atoms with van der Waals surface area (Å²) in [7, 11) is 0. The monoisotopic (exact) mass is 299 g/mol. The summed E-state index contributed by atoms with van der Waals surface area (Å²) in [5.41, 5.74) is 2.05. The first-order valence-corrected chi connectivity index (χ1v) is 6.58. The molecule has 0 spiro atoms. The summed E-state index contributed by atoms with van der Waals surface area (Å²) in [5, 5.41) is 21.1. The molecule has 104 valence electrons. The molecule has 0 aliphatic carbocycles. The van der Waals surface area contributed by atoms with Crippen molar-refractivity contribution in [3.05, 3.63) is 63.9 Å². The van der Waals surface area contributed by atoms with E-state index < -0.39 is 5.82 Å². The van der Waals surface area contributed by atoms with E-state index in [4.69, 9.17) is 22.1 Å². The van der Waals surface area contributed by atoms with Crippen LogP contribution in [0, 0.1) is 28.5 Å². The summed E-state index contributed by atoms with van der Waals surface area (Å²) in [6.07, 6.45) is 0. The molecule has 0 aliphatic rings. The van der Waals surface area contributed by atoms with Gasteiger partial charge >= 0.3 is 0 Å². The van der Waals surface area contributed by atoms with Crippen molar-refractivity contribution in [1.29, 1.82) is 10.5 Å². The molecule has 0 radical (unpaired) electrons. The summed E-state index contributed by atoms with van der Waals surface area (Å²) in [6.45, 7) is 1.87. The van der Waals surface area contributed by atoms with E-state index in [-0.39, 0.29) is 11.1 Å². The minimum atomic E-state index is -0.472. The van der Waals surface area contributed by atoms with E-state index in [1.165, 1.54) is 12.1 Å². The molecule has 2 rings (SSSR count). The number of anilines is 1. The van der Waals surface area contributed by atoms with Gasteiger partial charge in [-0.15, -0.1) is 0 Å². The molecular formula is C16H11ClFN3. The fraction of sp³-hybridized carbons (Fsp3) is 0.125. The Balaban J connectivity index is 2.23. The van der Waals surface area contributed by atoms with Crippen LogP contribution in [0.2, 0.25) is 5.02 Å². The van der Waals surface area contributed by atoms with Gasteiger partial charge < -0.3 is 5.32 Å². The quantitative estimate of drug-likeness (QED) is 0.914. The van der Waals surface area contributed by atoms with Crippen LogP contribution >= 0.6 is 11.6 Å². The maximum absolute atomic E-state index is 13.5. The molecule has 21 heavy (non-hydrogen) atoms. The van der Waals surface area contributed by atoms with E-state index in [1.54, 1.807) is 24.3 Å². The molecule has 0 aliphatic heterocycles. The number of halogens is 2. The van der Waals surface area contributed by atoms with Crippen LogP contribution in [0.15, 0.2) is 36.4 Å². The fourth-order valence-electron chi connectivity index (χ4n) is 1.94. The first-order chi connectivity index (χ1) is 10.0. The SMILES string of the molecule is CC(Nc1ccc(C#N)c(C#N)c1)c1ccc(Cl)c(F)c1. The molecule has 0 heterocycles. The lowest BCUT2D eigenvalue weighted by Crippen LogP contribution is -2.07. The third kappa shape index (κ3) is 3.31. The second-order valence-corrected chi connectivity index (χ2v) is 4.93. The van der Waals surface area contributed by atoms with Crippen molar-refractivity contribution >= 4 is 17.3 Å². The van der Waals surface area contributed by atoms with E-state index in [2.05, 4.69) is 5.32 Å². The van der Waals surface area contributed by atoms with Crippen molar-refractivity contribution in [2.75, 3.05) is 5.32 Å². The van der Waals surface area contributed by atoms with Crippen LogP contribution in [0.1, 0.15) is 29.7 Å². The van der Waals surface area contributed by atoms with Gasteiger partial charge in [-0.1, -0.05) is 17.7 Å². The van der Waals surface area contributed by atoms with Gasteiger partial charge in [0.15, 0.2) is 0 Å². The largest absolute Gasteiger partial charge is 0.378 e. The lowest BCUT2D eigenvalue weighted by Gasteiger charge is -2.16. The first kappa shape index (κ1) is 14.8. The van der Waals surface area contributed by atoms with Crippen LogP contribution in [0.3, 0.4) is 0 Å². The van der Waals surface area contributed by atoms with E-state index in [0.717, 1.165) is 5.56 Å². The Morgan fingerprint density at radius 3 is 2.43 bits per heavy atom. The number of nitriles is 2. The Bertz CT molecular complexity index is 759. The maximum atomic E-state index is 13.5. The van der Waals surface area contributed by atoms with Crippen LogP contribution in [0.25, 0.3) is 0 Å². The van der Waals surface area contributed by atoms with Crippen molar-refractivity contribution in [3.8, 4) is 12.1 Å². The average molecular weight is 300 g/mol. The highest BCUT2D eigenvalue weighted by Crippen LogP contribution is 2.24. The van der Waals surface area contributed by atoms with Gasteiger partial charge in [0.1, 0.15) is 18.0 Å². The van der Waals surface area contributed by atoms with Crippen molar-refractivity contribution in [2.45, 2.75) is 13.0 Å². The third-order valence-electron chi connectivity index (χ3n) is 3.09. The van der Waals surface area contributed by atoms with Crippen molar-refractivity contribution in [3.63, 3.8) is 0 Å². The molecule has 1 atom stereocenters.